The molecule has 0 saturated carbocycles. The Kier molecular flexibility index (Phi) is 8.98. The Hall–Kier alpha value is -4.84. The second kappa shape index (κ2) is 13.3. The van der Waals surface area contributed by atoms with Crippen molar-refractivity contribution in [2.24, 2.45) is 0 Å². The van der Waals surface area contributed by atoms with Crippen molar-refractivity contribution in [3.05, 3.63) is 107 Å². The standard InChI is InChI=1S/C35H28ClN5O4S/c1-35(2)43-19-26(45-35)18-42-25-15-11-21(12-16-25)29-27(17-37)34(41-32(38)30(29)39-3)46-20-28-31(22-7-5-4-6-8-22)44-33(40-28)23-9-13-24(36)14-10-23/h4-16,26H,18-20H2,1-2H3,(H2,38,41)/t26-/m0/s1. The minimum Gasteiger partial charge on any atom is -0.491 e. The molecule has 2 N–H and O–H groups in total. The molecule has 230 valence electrons. The summed E-state index contributed by atoms with van der Waals surface area (Å²) in [6, 6.07) is 26.4. The van der Waals surface area contributed by atoms with Crippen molar-refractivity contribution >= 4 is 34.9 Å². The Bertz CT molecular complexity index is 1950. The zero-order valence-corrected chi connectivity index (χ0v) is 26.6. The van der Waals surface area contributed by atoms with E-state index in [1.807, 2.05) is 56.3 Å². The average Bonchev–Trinajstić information content (AvgIpc) is 3.66. The van der Waals surface area contributed by atoms with Gasteiger partial charge in [0.25, 0.3) is 0 Å². The van der Waals surface area contributed by atoms with Crippen molar-refractivity contribution < 1.29 is 18.6 Å². The molecule has 11 heteroatoms. The topological polar surface area (TPSA) is 121 Å². The molecule has 1 fully saturated rings. The van der Waals surface area contributed by atoms with Crippen LogP contribution in [-0.4, -0.2) is 35.1 Å². The fraction of sp³-hybridized carbons (Fsp3) is 0.200. The monoisotopic (exact) mass is 649 g/mol. The highest BCUT2D eigenvalue weighted by Crippen LogP contribution is 2.43. The normalized spacial score (nSPS) is 15.3. The van der Waals surface area contributed by atoms with Gasteiger partial charge in [-0.25, -0.2) is 14.8 Å². The number of oxazole rings is 1. The Morgan fingerprint density at radius 1 is 1.04 bits per heavy atom. The fourth-order valence-corrected chi connectivity index (χ4v) is 6.09. The smallest absolute Gasteiger partial charge is 0.236 e. The molecule has 3 aromatic carbocycles. The van der Waals surface area contributed by atoms with Crippen LogP contribution < -0.4 is 10.5 Å². The molecule has 0 radical (unpaired) electrons. The lowest BCUT2D eigenvalue weighted by Gasteiger charge is -2.17. The van der Waals surface area contributed by atoms with Gasteiger partial charge in [-0.15, -0.1) is 0 Å². The molecule has 0 unspecified atom stereocenters. The number of thioether (sulfide) groups is 1. The third-order valence-corrected chi connectivity index (χ3v) is 8.44. The molecular formula is C35H28ClN5O4S. The van der Waals surface area contributed by atoms with Crippen molar-refractivity contribution in [2.75, 3.05) is 18.9 Å². The molecular weight excluding hydrogens is 622 g/mol. The van der Waals surface area contributed by atoms with E-state index in [0.717, 1.165) is 11.1 Å². The van der Waals surface area contributed by atoms with Crippen LogP contribution in [-0.2, 0) is 15.2 Å². The van der Waals surface area contributed by atoms with Gasteiger partial charge >= 0.3 is 0 Å². The summed E-state index contributed by atoms with van der Waals surface area (Å²) < 4.78 is 23.6. The number of ether oxygens (including phenoxy) is 3. The highest BCUT2D eigenvalue weighted by Gasteiger charge is 2.33. The molecule has 0 bridgehead atoms. The predicted octanol–water partition coefficient (Wildman–Crippen LogP) is 8.55. The number of anilines is 1. The molecule has 0 aliphatic carbocycles. The molecule has 1 aliphatic rings. The number of hydrogen-bond donors (Lipinski definition) is 1. The van der Waals surface area contributed by atoms with Crippen molar-refractivity contribution in [3.63, 3.8) is 0 Å². The summed E-state index contributed by atoms with van der Waals surface area (Å²) in [5.41, 5.74) is 10.0. The second-order valence-electron chi connectivity index (χ2n) is 10.9. The third kappa shape index (κ3) is 6.71. The van der Waals surface area contributed by atoms with Crippen LogP contribution in [0.4, 0.5) is 11.5 Å². The number of rotatable bonds is 9. The number of benzene rings is 3. The summed E-state index contributed by atoms with van der Waals surface area (Å²) in [4.78, 5) is 12.9. The Morgan fingerprint density at radius 2 is 1.76 bits per heavy atom. The molecule has 1 aliphatic heterocycles. The number of aromatic nitrogens is 2. The maximum Gasteiger partial charge on any atom is 0.236 e. The lowest BCUT2D eigenvalue weighted by Crippen LogP contribution is -2.25. The van der Waals surface area contributed by atoms with Crippen molar-refractivity contribution in [1.29, 1.82) is 5.26 Å². The summed E-state index contributed by atoms with van der Waals surface area (Å²) in [5.74, 6) is 1.41. The van der Waals surface area contributed by atoms with Gasteiger partial charge in [0.2, 0.25) is 11.6 Å². The number of pyridine rings is 1. The van der Waals surface area contributed by atoms with Crippen LogP contribution in [0.3, 0.4) is 0 Å². The molecule has 0 spiro atoms. The molecule has 6 rings (SSSR count). The summed E-state index contributed by atoms with van der Waals surface area (Å²) in [7, 11) is 0. The van der Waals surface area contributed by atoms with E-state index in [4.69, 9.17) is 47.5 Å². The Labute approximate surface area is 275 Å². The van der Waals surface area contributed by atoms with E-state index < -0.39 is 5.79 Å². The van der Waals surface area contributed by atoms with Gasteiger partial charge in [-0.3, -0.25) is 0 Å². The third-order valence-electron chi connectivity index (χ3n) is 7.21. The van der Waals surface area contributed by atoms with Gasteiger partial charge in [0.15, 0.2) is 11.5 Å². The van der Waals surface area contributed by atoms with Gasteiger partial charge in [-0.05, 0) is 55.8 Å². The number of hydrogen-bond acceptors (Lipinski definition) is 9. The van der Waals surface area contributed by atoms with Crippen molar-refractivity contribution in [3.8, 4) is 45.7 Å². The molecule has 46 heavy (non-hydrogen) atoms. The maximum absolute atomic E-state index is 10.3. The quantitative estimate of drug-likeness (QED) is 0.124. The Balaban J connectivity index is 1.29. The molecule has 2 aromatic heterocycles. The highest BCUT2D eigenvalue weighted by atomic mass is 35.5. The number of nitrogens with zero attached hydrogens (tertiary/aromatic N) is 4. The maximum atomic E-state index is 10.3. The second-order valence-corrected chi connectivity index (χ2v) is 12.3. The van der Waals surface area contributed by atoms with Crippen LogP contribution in [0.2, 0.25) is 5.02 Å². The lowest BCUT2D eigenvalue weighted by molar-refractivity contribution is -0.141. The first kappa shape index (κ1) is 31.2. The summed E-state index contributed by atoms with van der Waals surface area (Å²) >= 11 is 7.39. The van der Waals surface area contributed by atoms with E-state index in [2.05, 4.69) is 15.9 Å². The van der Waals surface area contributed by atoms with Gasteiger partial charge in [0, 0.05) is 27.5 Å². The number of nitriles is 1. The van der Waals surface area contributed by atoms with Crippen LogP contribution >= 0.6 is 23.4 Å². The van der Waals surface area contributed by atoms with Gasteiger partial charge in [0.05, 0.1) is 24.4 Å². The molecule has 5 aromatic rings. The lowest BCUT2D eigenvalue weighted by atomic mass is 10.00. The first-order valence-electron chi connectivity index (χ1n) is 14.3. The van der Waals surface area contributed by atoms with E-state index in [9.17, 15) is 5.26 Å². The fourth-order valence-electron chi connectivity index (χ4n) is 5.04. The van der Waals surface area contributed by atoms with Crippen LogP contribution in [0.15, 0.2) is 88.3 Å². The average molecular weight is 650 g/mol. The number of halogens is 1. The summed E-state index contributed by atoms with van der Waals surface area (Å²) in [5, 5.41) is 11.3. The molecule has 0 amide bonds. The van der Waals surface area contributed by atoms with Crippen molar-refractivity contribution in [2.45, 2.75) is 36.5 Å². The zero-order valence-electron chi connectivity index (χ0n) is 25.0. The molecule has 9 nitrogen and oxygen atoms in total. The largest absolute Gasteiger partial charge is 0.491 e. The van der Waals surface area contributed by atoms with E-state index in [1.165, 1.54) is 11.8 Å². The van der Waals surface area contributed by atoms with Crippen LogP contribution in [0.5, 0.6) is 5.75 Å². The SMILES string of the molecule is [C-]#[N+]c1c(N)nc(SCc2nc(-c3ccc(Cl)cc3)oc2-c2ccccc2)c(C#N)c1-c1ccc(OC[C@H]2COC(C)(C)O2)cc1. The van der Waals surface area contributed by atoms with Gasteiger partial charge < -0.3 is 24.4 Å². The van der Waals surface area contributed by atoms with Gasteiger partial charge in [0.1, 0.15) is 35.4 Å². The first-order chi connectivity index (χ1) is 22.2. The van der Waals surface area contributed by atoms with Crippen molar-refractivity contribution in [1.82, 2.24) is 9.97 Å². The molecule has 1 saturated heterocycles. The van der Waals surface area contributed by atoms with Crippen LogP contribution in [0.25, 0.3) is 38.7 Å². The summed E-state index contributed by atoms with van der Waals surface area (Å²) in [6.45, 7) is 12.3. The first-order valence-corrected chi connectivity index (χ1v) is 15.7. The van der Waals surface area contributed by atoms with E-state index in [1.54, 1.807) is 36.4 Å². The van der Waals surface area contributed by atoms with Gasteiger partial charge in [-0.2, -0.15) is 5.26 Å². The molecule has 1 atom stereocenters. The zero-order chi connectivity index (χ0) is 32.3. The van der Waals surface area contributed by atoms with Crippen LogP contribution in [0.1, 0.15) is 25.1 Å². The minimum absolute atomic E-state index is 0.0399. The van der Waals surface area contributed by atoms with E-state index in [-0.39, 0.29) is 23.2 Å². The van der Waals surface area contributed by atoms with E-state index >= 15 is 0 Å². The minimum atomic E-state index is -0.630. The highest BCUT2D eigenvalue weighted by molar-refractivity contribution is 7.98. The van der Waals surface area contributed by atoms with E-state index in [0.29, 0.717) is 63.2 Å². The Morgan fingerprint density at radius 3 is 2.41 bits per heavy atom. The number of nitrogens with two attached hydrogens (primary N) is 1. The predicted molar refractivity (Wildman–Crippen MR) is 177 cm³/mol. The molecule has 3 heterocycles. The van der Waals surface area contributed by atoms with Gasteiger partial charge in [-0.1, -0.05) is 65.8 Å². The number of nitrogen functional groups attached to an aromatic ring is 1. The summed E-state index contributed by atoms with van der Waals surface area (Å²) in [6.07, 6.45) is -0.178. The van der Waals surface area contributed by atoms with Crippen LogP contribution in [0, 0.1) is 17.9 Å².